The topological polar surface area (TPSA) is 120 Å². The third-order valence-electron chi connectivity index (χ3n) is 13.6. The number of carbonyl (C=O) groups excluding carboxylic acids is 2. The Labute approximate surface area is 440 Å². The quantitative estimate of drug-likeness (QED) is 0.181. The van der Waals surface area contributed by atoms with Gasteiger partial charge in [-0.15, -0.1) is 0 Å². The summed E-state index contributed by atoms with van der Waals surface area (Å²) in [7, 11) is -0.314. The normalized spacial score (nSPS) is 19.2. The fraction of sp³-hybridized carbons (Fsp3) is 0.552. The lowest BCUT2D eigenvalue weighted by Gasteiger charge is -2.32. The first-order valence-corrected chi connectivity index (χ1v) is 26.0. The second kappa shape index (κ2) is 25.1. The molecule has 14 heteroatoms. The van der Waals surface area contributed by atoms with Gasteiger partial charge in [-0.3, -0.25) is 0 Å². The Balaban J connectivity index is 0.000000205. The molecule has 5 heterocycles. The summed E-state index contributed by atoms with van der Waals surface area (Å²) >= 11 is 3.61. The molecule has 394 valence electrons. The van der Waals surface area contributed by atoms with E-state index in [0.29, 0.717) is 38.3 Å². The van der Waals surface area contributed by atoms with Crippen molar-refractivity contribution in [2.75, 3.05) is 63.2 Å². The summed E-state index contributed by atoms with van der Waals surface area (Å²) in [6.07, 6.45) is 9.52. The average molecular weight is 1060 g/mol. The fourth-order valence-electron chi connectivity index (χ4n) is 9.01. The van der Waals surface area contributed by atoms with Gasteiger partial charge in [0.2, 0.25) is 0 Å². The lowest BCUT2D eigenvalue weighted by Crippen LogP contribution is -2.41. The highest BCUT2D eigenvalue weighted by Gasteiger charge is 2.52. The maximum absolute atomic E-state index is 12.4. The Hall–Kier alpha value is -4.60. The van der Waals surface area contributed by atoms with Crippen LogP contribution < -0.4 is 10.6 Å². The van der Waals surface area contributed by atoms with Crippen LogP contribution in [0.15, 0.2) is 94.9 Å². The highest BCUT2D eigenvalue weighted by Crippen LogP contribution is 2.40. The molecule has 0 unspecified atom stereocenters. The second-order valence-corrected chi connectivity index (χ2v) is 22.7. The van der Waals surface area contributed by atoms with Gasteiger partial charge in [0, 0.05) is 91.3 Å². The van der Waals surface area contributed by atoms with Crippen molar-refractivity contribution in [3.8, 4) is 0 Å². The van der Waals surface area contributed by atoms with Gasteiger partial charge in [0.25, 0.3) is 0 Å². The van der Waals surface area contributed by atoms with Crippen LogP contribution in [0.1, 0.15) is 128 Å². The lowest BCUT2D eigenvalue weighted by atomic mass is 9.75. The summed E-state index contributed by atoms with van der Waals surface area (Å²) in [4.78, 5) is 27.9. The van der Waals surface area contributed by atoms with Gasteiger partial charge in [-0.1, -0.05) is 97.5 Å². The molecule has 0 radical (unpaired) electrons. The smallest absolute Gasteiger partial charge is 0.444 e. The van der Waals surface area contributed by atoms with Crippen molar-refractivity contribution >= 4 is 73.7 Å². The van der Waals surface area contributed by atoms with Gasteiger partial charge in [0.05, 0.1) is 11.2 Å². The van der Waals surface area contributed by atoms with Crippen LogP contribution in [0.25, 0.3) is 27.1 Å². The van der Waals surface area contributed by atoms with Crippen LogP contribution in [-0.2, 0) is 28.3 Å². The highest BCUT2D eigenvalue weighted by atomic mass is 79.9. The van der Waals surface area contributed by atoms with Crippen LogP contribution in [0.4, 0.5) is 21.0 Å². The third-order valence-corrected chi connectivity index (χ3v) is 14.3. The van der Waals surface area contributed by atoms with E-state index < -0.39 is 11.2 Å². The van der Waals surface area contributed by atoms with Crippen LogP contribution in [0.3, 0.4) is 0 Å². The summed E-state index contributed by atoms with van der Waals surface area (Å²) in [6.45, 7) is 25.3. The van der Waals surface area contributed by atoms with Crippen molar-refractivity contribution in [3.05, 3.63) is 100 Å². The largest absolute Gasteiger partial charge is 0.490 e. The Bertz CT molecular complexity index is 2490. The number of halogens is 1. The van der Waals surface area contributed by atoms with Crippen molar-refractivity contribution in [1.29, 1.82) is 0 Å². The van der Waals surface area contributed by atoms with Crippen LogP contribution in [0.2, 0.25) is 0 Å². The molecule has 5 aliphatic heterocycles. The second-order valence-electron chi connectivity index (χ2n) is 21.9. The molecule has 0 aliphatic carbocycles. The zero-order valence-corrected chi connectivity index (χ0v) is 44.8. The Kier molecular flexibility index (Phi) is 20.3. The number of hydrogen-bond donors (Lipinski definition) is 2. The van der Waals surface area contributed by atoms with Crippen molar-refractivity contribution in [3.63, 3.8) is 0 Å². The molecule has 0 atom stereocenters. The number of rotatable bonds is 6. The van der Waals surface area contributed by atoms with Gasteiger partial charge >= 0.3 is 19.3 Å². The molecule has 5 aliphatic rings. The van der Waals surface area contributed by atoms with Gasteiger partial charge < -0.3 is 48.7 Å². The molecular formula is C58H84BBrN4O8. The van der Waals surface area contributed by atoms with E-state index in [4.69, 9.17) is 28.3 Å². The summed E-state index contributed by atoms with van der Waals surface area (Å²) in [5, 5.41) is 12.4. The number of nitrogens with zero attached hydrogens (tertiary/aromatic N) is 2. The number of nitrogens with one attached hydrogen (secondary N) is 2. The molecule has 2 N–H and O–H groups in total. The summed E-state index contributed by atoms with van der Waals surface area (Å²) < 4.78 is 35.1. The van der Waals surface area contributed by atoms with Gasteiger partial charge in [0.1, 0.15) is 11.2 Å². The Morgan fingerprint density at radius 2 is 1.04 bits per heavy atom. The monoisotopic (exact) mass is 1050 g/mol. The average Bonchev–Trinajstić information content (AvgIpc) is 3.55. The third kappa shape index (κ3) is 15.5. The van der Waals surface area contributed by atoms with Crippen molar-refractivity contribution < 1.29 is 37.8 Å². The first-order chi connectivity index (χ1) is 33.2. The van der Waals surface area contributed by atoms with Crippen LogP contribution in [-0.4, -0.2) is 116 Å². The zero-order chi connectivity index (χ0) is 50.3. The molecule has 0 aromatic heterocycles. The van der Waals surface area contributed by atoms with E-state index in [0.717, 1.165) is 74.9 Å². The van der Waals surface area contributed by atoms with E-state index in [-0.39, 0.29) is 45.4 Å². The summed E-state index contributed by atoms with van der Waals surface area (Å²) in [6, 6.07) is 26.7. The molecule has 72 heavy (non-hydrogen) atoms. The number of ether oxygens (including phenoxy) is 4. The number of anilines is 2. The van der Waals surface area contributed by atoms with Gasteiger partial charge in [-0.2, -0.15) is 0 Å². The fourth-order valence-corrected chi connectivity index (χ4v) is 9.49. The van der Waals surface area contributed by atoms with Crippen molar-refractivity contribution in [2.24, 2.45) is 0 Å². The lowest BCUT2D eigenvalue weighted by molar-refractivity contribution is 0.00578. The maximum Gasteiger partial charge on any atom is 0.490 e. The van der Waals surface area contributed by atoms with E-state index in [1.165, 1.54) is 44.1 Å². The SMILES string of the molecule is Brc1ccc(NC2CCOCC2)c2ccccc12.C.C.CC(C)(C)OC(=O)N1CC=C(B2OC(C)(C)C(C)(C)O2)CC1.CC(C)(C)OC(=O)N1CC=C(c2ccc(NC3CCOCC3)c3ccccc23)CC1. The number of hydrogen-bond acceptors (Lipinski definition) is 10. The van der Waals surface area contributed by atoms with E-state index in [2.05, 4.69) is 105 Å². The van der Waals surface area contributed by atoms with E-state index in [1.54, 1.807) is 9.80 Å². The molecule has 4 aromatic rings. The van der Waals surface area contributed by atoms with E-state index in [1.807, 2.05) is 75.3 Å². The molecular weight excluding hydrogens is 971 g/mol. The first kappa shape index (κ1) is 58.3. The van der Waals surface area contributed by atoms with Crippen LogP contribution in [0, 0.1) is 0 Å². The maximum atomic E-state index is 12.4. The predicted molar refractivity (Wildman–Crippen MR) is 301 cm³/mol. The minimum Gasteiger partial charge on any atom is -0.444 e. The minimum atomic E-state index is -0.468. The molecule has 0 saturated carbocycles. The molecule has 9 rings (SSSR count). The van der Waals surface area contributed by atoms with Crippen molar-refractivity contribution in [1.82, 2.24) is 9.80 Å². The molecule has 0 spiro atoms. The standard InChI is InChI=1S/C25H32N2O3.C16H28BNO4.C15H16BrNO.2CH4/c1-25(2,3)30-24(28)27-14-10-18(11-15-27)20-8-9-23(22-7-5-4-6-21(20)22)26-19-12-16-29-17-13-19;1-14(2,3)20-13(19)18-10-8-12(9-11-18)17-21-15(4,5)16(6,7)22-17;16-14-5-6-15(13-4-2-1-3-12(13)14)17-11-7-9-18-10-8-11;;/h4-10,19,26H,11-17H2,1-3H3;8H,9-11H2,1-7H3;1-6,11,17H,7-10H2;2*1H4. The van der Waals surface area contributed by atoms with E-state index in [9.17, 15) is 9.59 Å². The summed E-state index contributed by atoms with van der Waals surface area (Å²) in [5.41, 5.74) is 4.47. The Morgan fingerprint density at radius 1 is 0.611 bits per heavy atom. The molecule has 3 saturated heterocycles. The summed E-state index contributed by atoms with van der Waals surface area (Å²) in [5.74, 6) is 0. The van der Waals surface area contributed by atoms with Crippen molar-refractivity contribution in [2.45, 2.75) is 157 Å². The number of carbonyl (C=O) groups is 2. The Morgan fingerprint density at radius 3 is 1.49 bits per heavy atom. The predicted octanol–water partition coefficient (Wildman–Crippen LogP) is 14.1. The van der Waals surface area contributed by atoms with Crippen LogP contribution in [0.5, 0.6) is 0 Å². The highest BCUT2D eigenvalue weighted by molar-refractivity contribution is 9.10. The van der Waals surface area contributed by atoms with E-state index >= 15 is 0 Å². The molecule has 4 aromatic carbocycles. The number of fused-ring (bicyclic) bond motifs is 2. The minimum absolute atomic E-state index is 0. The molecule has 2 amide bonds. The first-order valence-electron chi connectivity index (χ1n) is 25.2. The van der Waals surface area contributed by atoms with Crippen LogP contribution >= 0.6 is 15.9 Å². The van der Waals surface area contributed by atoms with Gasteiger partial charge in [-0.05, 0) is 153 Å². The molecule has 3 fully saturated rings. The zero-order valence-electron chi connectivity index (χ0n) is 43.3. The molecule has 12 nitrogen and oxygen atoms in total. The number of amides is 2. The van der Waals surface area contributed by atoms with Gasteiger partial charge in [-0.25, -0.2) is 9.59 Å². The van der Waals surface area contributed by atoms with Gasteiger partial charge in [0.15, 0.2) is 0 Å². The molecule has 0 bridgehead atoms. The number of benzene rings is 4.